The molecule has 2 rings (SSSR count). The average Bonchev–Trinajstić information content (AvgIpc) is 2.60. The Kier molecular flexibility index (Phi) is 7.81. The minimum absolute atomic E-state index is 0.0147. The molecule has 0 unspecified atom stereocenters. The van der Waals surface area contributed by atoms with Crippen molar-refractivity contribution in [1.82, 2.24) is 10.6 Å². The molecule has 138 valence electrons. The standard InChI is InChI=1S/C19H22ClN3O2S/c1-13(2)22-19(25)23-17-6-4-3-5-16(17)18(24)21-11-12-26-15-9-7-14(20)8-10-15/h3-10,13H,11-12H2,1-2H3,(H,21,24)(H2,22,23,25). The molecule has 0 aliphatic heterocycles. The van der Waals surface area contributed by atoms with Crippen LogP contribution in [0.5, 0.6) is 0 Å². The van der Waals surface area contributed by atoms with Gasteiger partial charge in [0.15, 0.2) is 0 Å². The largest absolute Gasteiger partial charge is 0.351 e. The maximum atomic E-state index is 12.4. The van der Waals surface area contributed by atoms with Gasteiger partial charge in [-0.1, -0.05) is 23.7 Å². The van der Waals surface area contributed by atoms with Crippen LogP contribution in [-0.4, -0.2) is 30.3 Å². The predicted molar refractivity (Wildman–Crippen MR) is 108 cm³/mol. The molecule has 0 fully saturated rings. The summed E-state index contributed by atoms with van der Waals surface area (Å²) in [4.78, 5) is 25.4. The molecule has 3 amide bonds. The minimum Gasteiger partial charge on any atom is -0.351 e. The van der Waals surface area contributed by atoms with Crippen molar-refractivity contribution in [2.75, 3.05) is 17.6 Å². The van der Waals surface area contributed by atoms with Gasteiger partial charge in [-0.15, -0.1) is 11.8 Å². The molecule has 0 radical (unpaired) electrons. The van der Waals surface area contributed by atoms with Crippen LogP contribution in [0.4, 0.5) is 10.5 Å². The molecule has 0 spiro atoms. The van der Waals surface area contributed by atoms with E-state index in [1.807, 2.05) is 38.1 Å². The summed E-state index contributed by atoms with van der Waals surface area (Å²) in [7, 11) is 0. The molecule has 2 aromatic rings. The fourth-order valence-corrected chi connectivity index (χ4v) is 3.06. The Morgan fingerprint density at radius 3 is 2.46 bits per heavy atom. The second kappa shape index (κ2) is 10.1. The summed E-state index contributed by atoms with van der Waals surface area (Å²) in [5.41, 5.74) is 0.913. The number of hydrogen-bond acceptors (Lipinski definition) is 3. The van der Waals surface area contributed by atoms with Crippen molar-refractivity contribution in [3.05, 3.63) is 59.1 Å². The molecule has 0 atom stereocenters. The Bertz CT molecular complexity index is 751. The van der Waals surface area contributed by atoms with Gasteiger partial charge in [0.25, 0.3) is 5.91 Å². The van der Waals surface area contributed by atoms with Crippen LogP contribution in [0.25, 0.3) is 0 Å². The van der Waals surface area contributed by atoms with Gasteiger partial charge in [0.1, 0.15) is 0 Å². The number of urea groups is 1. The van der Waals surface area contributed by atoms with Crippen LogP contribution >= 0.6 is 23.4 Å². The number of carbonyl (C=O) groups excluding carboxylic acids is 2. The number of rotatable bonds is 7. The number of anilines is 1. The molecule has 3 N–H and O–H groups in total. The SMILES string of the molecule is CC(C)NC(=O)Nc1ccccc1C(=O)NCCSc1ccc(Cl)cc1. The van der Waals surface area contributed by atoms with E-state index in [0.29, 0.717) is 22.8 Å². The van der Waals surface area contributed by atoms with E-state index in [9.17, 15) is 9.59 Å². The third-order valence-corrected chi connectivity index (χ3v) is 4.58. The van der Waals surface area contributed by atoms with Crippen molar-refractivity contribution in [2.24, 2.45) is 0 Å². The molecule has 5 nitrogen and oxygen atoms in total. The fourth-order valence-electron chi connectivity index (χ4n) is 2.17. The molecular weight excluding hydrogens is 370 g/mol. The maximum absolute atomic E-state index is 12.4. The summed E-state index contributed by atoms with van der Waals surface area (Å²) in [5.74, 6) is 0.513. The first-order chi connectivity index (χ1) is 12.5. The van der Waals surface area contributed by atoms with Gasteiger partial charge in [-0.2, -0.15) is 0 Å². The normalized spacial score (nSPS) is 10.5. The minimum atomic E-state index is -0.335. The number of halogens is 1. The zero-order chi connectivity index (χ0) is 18.9. The Morgan fingerprint density at radius 2 is 1.77 bits per heavy atom. The third kappa shape index (κ3) is 6.61. The number of nitrogens with one attached hydrogen (secondary N) is 3. The van der Waals surface area contributed by atoms with Crippen LogP contribution < -0.4 is 16.0 Å². The lowest BCUT2D eigenvalue weighted by Gasteiger charge is -2.13. The van der Waals surface area contributed by atoms with E-state index in [0.717, 1.165) is 10.6 Å². The topological polar surface area (TPSA) is 70.2 Å². The molecule has 0 aliphatic rings. The summed E-state index contributed by atoms with van der Waals surface area (Å²) in [5, 5.41) is 9.03. The van der Waals surface area contributed by atoms with Gasteiger partial charge in [0.05, 0.1) is 11.3 Å². The van der Waals surface area contributed by atoms with Crippen molar-refractivity contribution in [3.63, 3.8) is 0 Å². The molecule has 7 heteroatoms. The van der Waals surface area contributed by atoms with Crippen molar-refractivity contribution >= 4 is 41.0 Å². The summed E-state index contributed by atoms with van der Waals surface area (Å²) in [6.07, 6.45) is 0. The Labute approximate surface area is 162 Å². The Hall–Kier alpha value is -2.18. The Morgan fingerprint density at radius 1 is 1.08 bits per heavy atom. The van der Waals surface area contributed by atoms with E-state index in [2.05, 4.69) is 16.0 Å². The lowest BCUT2D eigenvalue weighted by atomic mass is 10.1. The van der Waals surface area contributed by atoms with Crippen molar-refractivity contribution in [1.29, 1.82) is 0 Å². The van der Waals surface area contributed by atoms with Crippen LogP contribution in [0.15, 0.2) is 53.4 Å². The number of benzene rings is 2. The lowest BCUT2D eigenvalue weighted by molar-refractivity contribution is 0.0957. The first-order valence-electron chi connectivity index (χ1n) is 8.29. The van der Waals surface area contributed by atoms with E-state index in [-0.39, 0.29) is 18.0 Å². The number of thioether (sulfide) groups is 1. The number of para-hydroxylation sites is 1. The molecule has 0 aliphatic carbocycles. The highest BCUT2D eigenvalue weighted by molar-refractivity contribution is 7.99. The summed E-state index contributed by atoms with van der Waals surface area (Å²) in [6, 6.07) is 14.2. The van der Waals surface area contributed by atoms with Gasteiger partial charge < -0.3 is 16.0 Å². The van der Waals surface area contributed by atoms with Crippen LogP contribution in [-0.2, 0) is 0 Å². The molecule has 2 aromatic carbocycles. The number of amides is 3. The van der Waals surface area contributed by atoms with Gasteiger partial charge in [-0.3, -0.25) is 4.79 Å². The Balaban J connectivity index is 1.86. The van der Waals surface area contributed by atoms with Gasteiger partial charge >= 0.3 is 6.03 Å². The third-order valence-electron chi connectivity index (χ3n) is 3.31. The summed E-state index contributed by atoms with van der Waals surface area (Å²) >= 11 is 7.50. The number of hydrogen-bond donors (Lipinski definition) is 3. The van der Waals surface area contributed by atoms with Gasteiger partial charge in [0, 0.05) is 28.3 Å². The zero-order valence-electron chi connectivity index (χ0n) is 14.7. The van der Waals surface area contributed by atoms with Crippen LogP contribution in [0.3, 0.4) is 0 Å². The lowest BCUT2D eigenvalue weighted by Crippen LogP contribution is -2.35. The monoisotopic (exact) mass is 391 g/mol. The van der Waals surface area contributed by atoms with E-state index >= 15 is 0 Å². The maximum Gasteiger partial charge on any atom is 0.319 e. The van der Waals surface area contributed by atoms with Crippen LogP contribution in [0, 0.1) is 0 Å². The quantitative estimate of drug-likeness (QED) is 0.484. The highest BCUT2D eigenvalue weighted by Gasteiger charge is 2.13. The second-order valence-electron chi connectivity index (χ2n) is 5.86. The van der Waals surface area contributed by atoms with Gasteiger partial charge in [0.2, 0.25) is 0 Å². The van der Waals surface area contributed by atoms with Gasteiger partial charge in [-0.25, -0.2) is 4.79 Å². The predicted octanol–water partition coefficient (Wildman–Crippen LogP) is 4.39. The summed E-state index contributed by atoms with van der Waals surface area (Å²) in [6.45, 7) is 4.26. The molecule has 26 heavy (non-hydrogen) atoms. The van der Waals surface area contributed by atoms with E-state index < -0.39 is 0 Å². The number of carbonyl (C=O) groups is 2. The highest BCUT2D eigenvalue weighted by atomic mass is 35.5. The average molecular weight is 392 g/mol. The van der Waals surface area contributed by atoms with Crippen molar-refractivity contribution in [3.8, 4) is 0 Å². The van der Waals surface area contributed by atoms with Crippen molar-refractivity contribution < 1.29 is 9.59 Å². The fraction of sp³-hybridized carbons (Fsp3) is 0.263. The van der Waals surface area contributed by atoms with E-state index in [1.54, 1.807) is 36.0 Å². The van der Waals surface area contributed by atoms with Crippen LogP contribution in [0.1, 0.15) is 24.2 Å². The first-order valence-corrected chi connectivity index (χ1v) is 9.65. The zero-order valence-corrected chi connectivity index (χ0v) is 16.3. The van der Waals surface area contributed by atoms with Crippen LogP contribution in [0.2, 0.25) is 5.02 Å². The molecule has 0 saturated carbocycles. The molecule has 0 heterocycles. The molecule has 0 aromatic heterocycles. The first kappa shape index (κ1) is 20.1. The second-order valence-corrected chi connectivity index (χ2v) is 7.46. The molecule has 0 saturated heterocycles. The van der Waals surface area contributed by atoms with E-state index in [1.165, 1.54) is 0 Å². The van der Waals surface area contributed by atoms with Crippen molar-refractivity contribution in [2.45, 2.75) is 24.8 Å². The molecular formula is C19H22ClN3O2S. The highest BCUT2D eigenvalue weighted by Crippen LogP contribution is 2.20. The van der Waals surface area contributed by atoms with Gasteiger partial charge in [-0.05, 0) is 50.2 Å². The summed E-state index contributed by atoms with van der Waals surface area (Å²) < 4.78 is 0. The smallest absolute Gasteiger partial charge is 0.319 e. The molecule has 0 bridgehead atoms. The van der Waals surface area contributed by atoms with E-state index in [4.69, 9.17) is 11.6 Å².